The number of aromatic nitrogens is 3. The van der Waals surface area contributed by atoms with E-state index in [0.29, 0.717) is 17.1 Å². The van der Waals surface area contributed by atoms with Crippen LogP contribution in [-0.2, 0) is 6.54 Å². The Balaban J connectivity index is 2.23. The Morgan fingerprint density at radius 2 is 2.10 bits per heavy atom. The molecule has 0 bridgehead atoms. The average molecular weight is 294 g/mol. The number of carbonyl (C=O) groups is 1. The summed E-state index contributed by atoms with van der Waals surface area (Å²) in [6.07, 6.45) is 0.490. The van der Waals surface area contributed by atoms with E-state index in [0.717, 1.165) is 10.2 Å². The van der Waals surface area contributed by atoms with E-state index in [1.165, 1.54) is 11.1 Å². The molecule has 2 aromatic heterocycles. The number of halogens is 2. The van der Waals surface area contributed by atoms with Gasteiger partial charge < -0.3 is 0 Å². The Labute approximate surface area is 121 Å². The van der Waals surface area contributed by atoms with Gasteiger partial charge in [-0.25, -0.2) is 13.8 Å². The summed E-state index contributed by atoms with van der Waals surface area (Å²) >= 11 is 0. The van der Waals surface area contributed by atoms with E-state index >= 15 is 0 Å². The Morgan fingerprint density at radius 3 is 2.67 bits per heavy atom. The maximum absolute atomic E-state index is 12.4. The number of nitrogens with zero attached hydrogens (tertiary/aromatic N) is 4. The van der Waals surface area contributed by atoms with Gasteiger partial charge in [-0.05, 0) is 25.5 Å². The van der Waals surface area contributed by atoms with Crippen molar-refractivity contribution < 1.29 is 13.6 Å². The summed E-state index contributed by atoms with van der Waals surface area (Å²) in [6, 6.07) is 3.57. The maximum atomic E-state index is 12.4. The van der Waals surface area contributed by atoms with Crippen LogP contribution >= 0.6 is 0 Å². The van der Waals surface area contributed by atoms with Crippen molar-refractivity contribution in [3.05, 3.63) is 41.3 Å². The topological polar surface area (TPSA) is 51.0 Å². The van der Waals surface area contributed by atoms with Gasteiger partial charge in [-0.2, -0.15) is 5.10 Å². The van der Waals surface area contributed by atoms with Crippen LogP contribution in [-0.4, -0.2) is 34.1 Å². The Bertz CT molecular complexity index is 637. The lowest BCUT2D eigenvalue weighted by molar-refractivity contribution is 0.0990. The summed E-state index contributed by atoms with van der Waals surface area (Å²) in [6.45, 7) is 2.99. The third-order valence-electron chi connectivity index (χ3n) is 3.05. The predicted molar refractivity (Wildman–Crippen MR) is 74.7 cm³/mol. The fourth-order valence-electron chi connectivity index (χ4n) is 1.91. The van der Waals surface area contributed by atoms with Gasteiger partial charge in [-0.3, -0.25) is 14.4 Å². The molecule has 5 nitrogen and oxygen atoms in total. The second kappa shape index (κ2) is 5.99. The van der Waals surface area contributed by atoms with Crippen LogP contribution in [0, 0.1) is 13.8 Å². The van der Waals surface area contributed by atoms with Crippen LogP contribution in [0.4, 0.5) is 14.6 Å². The smallest absolute Gasteiger partial charge is 0.262 e. The van der Waals surface area contributed by atoms with E-state index in [4.69, 9.17) is 0 Å². The molecule has 2 rings (SSSR count). The molecule has 0 aromatic carbocycles. The van der Waals surface area contributed by atoms with Crippen molar-refractivity contribution in [1.82, 2.24) is 14.8 Å². The van der Waals surface area contributed by atoms with Crippen LogP contribution < -0.4 is 4.90 Å². The highest BCUT2D eigenvalue weighted by Crippen LogP contribution is 2.15. The Kier molecular flexibility index (Phi) is 4.30. The van der Waals surface area contributed by atoms with Gasteiger partial charge in [-0.1, -0.05) is 6.07 Å². The molecule has 2 heterocycles. The molecular formula is C14H16F2N4O. The van der Waals surface area contributed by atoms with Crippen molar-refractivity contribution in [3.63, 3.8) is 0 Å². The van der Waals surface area contributed by atoms with Crippen LogP contribution in [0.1, 0.15) is 21.6 Å². The molecule has 0 aliphatic heterocycles. The first-order valence-corrected chi connectivity index (χ1v) is 6.41. The van der Waals surface area contributed by atoms with Crippen LogP contribution in [0.3, 0.4) is 0 Å². The number of carbonyl (C=O) groups excluding carboxylic acids is 1. The molecule has 112 valence electrons. The predicted octanol–water partition coefficient (Wildman–Crippen LogP) is 2.44. The zero-order valence-corrected chi connectivity index (χ0v) is 12.0. The zero-order valence-electron chi connectivity index (χ0n) is 12.0. The Morgan fingerprint density at radius 1 is 1.38 bits per heavy atom. The summed E-state index contributed by atoms with van der Waals surface area (Å²) in [5, 5.41) is 3.93. The van der Waals surface area contributed by atoms with Crippen molar-refractivity contribution >= 4 is 11.7 Å². The van der Waals surface area contributed by atoms with E-state index in [1.807, 2.05) is 13.0 Å². The molecule has 0 aliphatic carbocycles. The standard InChI is InChI=1S/C14H16F2N4O/c1-9-4-5-13(17-6-9)19(3)14(21)11-7-20(8-12(15)16)18-10(11)2/h4-7,12H,8H2,1-3H3. The fourth-order valence-corrected chi connectivity index (χ4v) is 1.91. The van der Waals surface area contributed by atoms with Gasteiger partial charge in [0, 0.05) is 19.4 Å². The number of rotatable bonds is 4. The molecule has 0 saturated carbocycles. The first-order chi connectivity index (χ1) is 9.88. The minimum atomic E-state index is -2.51. The first-order valence-electron chi connectivity index (χ1n) is 6.41. The van der Waals surface area contributed by atoms with E-state index in [9.17, 15) is 13.6 Å². The molecule has 1 amide bonds. The van der Waals surface area contributed by atoms with Crippen molar-refractivity contribution in [3.8, 4) is 0 Å². The highest BCUT2D eigenvalue weighted by Gasteiger charge is 2.20. The number of amides is 1. The van der Waals surface area contributed by atoms with E-state index < -0.39 is 13.0 Å². The van der Waals surface area contributed by atoms with E-state index in [-0.39, 0.29) is 5.91 Å². The molecule has 0 aliphatic rings. The number of anilines is 1. The third kappa shape index (κ3) is 3.42. The van der Waals surface area contributed by atoms with Gasteiger partial charge in [0.25, 0.3) is 12.3 Å². The molecule has 0 spiro atoms. The lowest BCUT2D eigenvalue weighted by Gasteiger charge is -2.15. The SMILES string of the molecule is Cc1ccc(N(C)C(=O)c2cn(CC(F)F)nc2C)nc1. The highest BCUT2D eigenvalue weighted by atomic mass is 19.3. The molecular weight excluding hydrogens is 278 g/mol. The van der Waals surface area contributed by atoms with Crippen molar-refractivity contribution in [1.29, 1.82) is 0 Å². The fraction of sp³-hybridized carbons (Fsp3) is 0.357. The largest absolute Gasteiger partial charge is 0.296 e. The van der Waals surface area contributed by atoms with Crippen LogP contribution in [0.25, 0.3) is 0 Å². The van der Waals surface area contributed by atoms with Gasteiger partial charge >= 0.3 is 0 Å². The van der Waals surface area contributed by atoms with Crippen LogP contribution in [0.5, 0.6) is 0 Å². The lowest BCUT2D eigenvalue weighted by Crippen LogP contribution is -2.27. The van der Waals surface area contributed by atoms with Gasteiger partial charge in [0.05, 0.1) is 11.3 Å². The lowest BCUT2D eigenvalue weighted by atomic mass is 10.2. The van der Waals surface area contributed by atoms with Crippen molar-refractivity contribution in [2.24, 2.45) is 0 Å². The van der Waals surface area contributed by atoms with Gasteiger partial charge in [0.15, 0.2) is 0 Å². The molecule has 0 radical (unpaired) electrons. The maximum Gasteiger partial charge on any atom is 0.262 e. The van der Waals surface area contributed by atoms with Gasteiger partial charge in [0.2, 0.25) is 0 Å². The monoisotopic (exact) mass is 294 g/mol. The molecule has 0 atom stereocenters. The third-order valence-corrected chi connectivity index (χ3v) is 3.05. The molecule has 0 fully saturated rings. The summed E-state index contributed by atoms with van der Waals surface area (Å²) in [4.78, 5) is 17.9. The van der Waals surface area contributed by atoms with E-state index in [2.05, 4.69) is 10.1 Å². The number of pyridine rings is 1. The second-order valence-electron chi connectivity index (χ2n) is 4.80. The van der Waals surface area contributed by atoms with Crippen LogP contribution in [0.2, 0.25) is 0 Å². The highest BCUT2D eigenvalue weighted by molar-refractivity contribution is 6.05. The minimum absolute atomic E-state index is 0.292. The summed E-state index contributed by atoms with van der Waals surface area (Å²) in [5.74, 6) is 0.163. The number of aryl methyl sites for hydroxylation is 2. The average Bonchev–Trinajstić information content (AvgIpc) is 2.78. The number of alkyl halides is 2. The summed E-state index contributed by atoms with van der Waals surface area (Å²) in [5.41, 5.74) is 1.70. The second-order valence-corrected chi connectivity index (χ2v) is 4.80. The molecule has 21 heavy (non-hydrogen) atoms. The zero-order chi connectivity index (χ0) is 15.6. The van der Waals surface area contributed by atoms with Crippen molar-refractivity contribution in [2.45, 2.75) is 26.8 Å². The minimum Gasteiger partial charge on any atom is -0.296 e. The Hall–Kier alpha value is -2.31. The van der Waals surface area contributed by atoms with Gasteiger partial charge in [0.1, 0.15) is 12.4 Å². The number of hydrogen-bond acceptors (Lipinski definition) is 3. The summed E-state index contributed by atoms with van der Waals surface area (Å²) in [7, 11) is 1.59. The molecule has 2 aromatic rings. The molecule has 7 heteroatoms. The molecule has 0 N–H and O–H groups in total. The molecule has 0 unspecified atom stereocenters. The quantitative estimate of drug-likeness (QED) is 0.870. The first kappa shape index (κ1) is 15.1. The summed E-state index contributed by atoms with van der Waals surface area (Å²) < 4.78 is 25.8. The van der Waals surface area contributed by atoms with E-state index in [1.54, 1.807) is 26.2 Å². The van der Waals surface area contributed by atoms with Crippen molar-refractivity contribution in [2.75, 3.05) is 11.9 Å². The number of hydrogen-bond donors (Lipinski definition) is 0. The normalized spacial score (nSPS) is 11.0. The molecule has 0 saturated heterocycles. The van der Waals surface area contributed by atoms with Crippen LogP contribution in [0.15, 0.2) is 24.5 Å². The van der Waals surface area contributed by atoms with Gasteiger partial charge in [-0.15, -0.1) is 0 Å².